The summed E-state index contributed by atoms with van der Waals surface area (Å²) in [5.74, 6) is -0.0525. The van der Waals surface area contributed by atoms with Gasteiger partial charge in [-0.25, -0.2) is 0 Å². The van der Waals surface area contributed by atoms with Crippen molar-refractivity contribution in [2.24, 2.45) is 0 Å². The average Bonchev–Trinajstić information content (AvgIpc) is 2.63. The van der Waals surface area contributed by atoms with Gasteiger partial charge in [-0.1, -0.05) is 48.5 Å². The third kappa shape index (κ3) is 3.92. The smallest absolute Gasteiger partial charge is 0.224 e. The number of hydrogen-bond acceptors (Lipinski definition) is 3. The van der Waals surface area contributed by atoms with Crippen molar-refractivity contribution in [1.29, 1.82) is 0 Å². The molecule has 0 fully saturated rings. The third-order valence-corrected chi connectivity index (χ3v) is 4.57. The van der Waals surface area contributed by atoms with Crippen LogP contribution in [0, 0.1) is 6.92 Å². The zero-order valence-corrected chi connectivity index (χ0v) is 15.2. The first kappa shape index (κ1) is 18.1. The minimum absolute atomic E-state index is 0.0525. The van der Waals surface area contributed by atoms with Gasteiger partial charge in [0, 0.05) is 23.7 Å². The summed E-state index contributed by atoms with van der Waals surface area (Å²) >= 11 is 0. The van der Waals surface area contributed by atoms with E-state index in [9.17, 15) is 4.79 Å². The van der Waals surface area contributed by atoms with Crippen molar-refractivity contribution in [3.05, 3.63) is 65.9 Å². The zero-order chi connectivity index (χ0) is 18.5. The first-order valence-corrected chi connectivity index (χ1v) is 8.94. The summed E-state index contributed by atoms with van der Waals surface area (Å²) in [7, 11) is 0. The summed E-state index contributed by atoms with van der Waals surface area (Å²) in [6.45, 7) is 3.92. The highest BCUT2D eigenvalue weighted by Gasteiger charge is 2.17. The Morgan fingerprint density at radius 2 is 1.81 bits per heavy atom. The second kappa shape index (κ2) is 8.11. The fourth-order valence-electron chi connectivity index (χ4n) is 3.28. The molecule has 3 rings (SSSR count). The maximum absolute atomic E-state index is 12.5. The van der Waals surface area contributed by atoms with Crippen molar-refractivity contribution in [2.45, 2.75) is 32.7 Å². The molecule has 0 saturated carbocycles. The number of benzene rings is 2. The standard InChI is InChI=1S/C22H24N2O2/c1-15(12-13-25)23-21(26)14-19-16(2)24-20-11-7-6-10-18(20)22(19)17-8-4-3-5-9-17/h3-11,15,25H,12-14H2,1-2H3,(H,23,26). The van der Waals surface area contributed by atoms with Crippen LogP contribution in [0.25, 0.3) is 22.0 Å². The SMILES string of the molecule is Cc1nc2ccccc2c(-c2ccccc2)c1CC(=O)NC(C)CCO. The molecule has 1 atom stereocenters. The molecule has 0 saturated heterocycles. The second-order valence-electron chi connectivity index (χ2n) is 6.59. The number of carbonyl (C=O) groups excluding carboxylic acids is 1. The molecule has 26 heavy (non-hydrogen) atoms. The number of aliphatic hydroxyl groups is 1. The van der Waals surface area contributed by atoms with Crippen molar-refractivity contribution in [3.63, 3.8) is 0 Å². The van der Waals surface area contributed by atoms with Crippen molar-refractivity contribution >= 4 is 16.8 Å². The lowest BCUT2D eigenvalue weighted by Crippen LogP contribution is -2.34. The molecule has 0 aliphatic rings. The average molecular weight is 348 g/mol. The Morgan fingerprint density at radius 1 is 1.12 bits per heavy atom. The molecule has 1 aromatic heterocycles. The van der Waals surface area contributed by atoms with Crippen LogP contribution in [-0.2, 0) is 11.2 Å². The molecule has 0 spiro atoms. The van der Waals surface area contributed by atoms with Gasteiger partial charge in [0.1, 0.15) is 0 Å². The number of aryl methyl sites for hydroxylation is 1. The molecule has 1 unspecified atom stereocenters. The summed E-state index contributed by atoms with van der Waals surface area (Å²) in [4.78, 5) is 17.3. The molecule has 3 aromatic rings. The molecule has 2 N–H and O–H groups in total. The normalized spacial score (nSPS) is 12.1. The molecule has 1 amide bonds. The van der Waals surface area contributed by atoms with E-state index in [-0.39, 0.29) is 25.0 Å². The molecule has 4 nitrogen and oxygen atoms in total. The summed E-state index contributed by atoms with van der Waals surface area (Å²) in [5, 5.41) is 13.0. The molecule has 0 bridgehead atoms. The van der Waals surface area contributed by atoms with Crippen molar-refractivity contribution in [2.75, 3.05) is 6.61 Å². The van der Waals surface area contributed by atoms with Gasteiger partial charge in [-0.05, 0) is 43.0 Å². The lowest BCUT2D eigenvalue weighted by molar-refractivity contribution is -0.121. The topological polar surface area (TPSA) is 62.2 Å². The van der Waals surface area contributed by atoms with Crippen LogP contribution < -0.4 is 5.32 Å². The van der Waals surface area contributed by atoms with Gasteiger partial charge < -0.3 is 10.4 Å². The highest BCUT2D eigenvalue weighted by molar-refractivity contribution is 5.98. The van der Waals surface area contributed by atoms with E-state index in [2.05, 4.69) is 23.5 Å². The van der Waals surface area contributed by atoms with Gasteiger partial charge in [-0.3, -0.25) is 9.78 Å². The van der Waals surface area contributed by atoms with E-state index < -0.39 is 0 Å². The number of aliphatic hydroxyl groups excluding tert-OH is 1. The number of aromatic nitrogens is 1. The van der Waals surface area contributed by atoms with Crippen LogP contribution >= 0.6 is 0 Å². The van der Waals surface area contributed by atoms with E-state index in [1.54, 1.807) is 0 Å². The highest BCUT2D eigenvalue weighted by Crippen LogP contribution is 2.33. The number of amides is 1. The van der Waals surface area contributed by atoms with Crippen LogP contribution in [0.5, 0.6) is 0 Å². The number of fused-ring (bicyclic) bond motifs is 1. The van der Waals surface area contributed by atoms with Crippen molar-refractivity contribution in [1.82, 2.24) is 10.3 Å². The molecular formula is C22H24N2O2. The van der Waals surface area contributed by atoms with Crippen LogP contribution in [0.4, 0.5) is 0 Å². The zero-order valence-electron chi connectivity index (χ0n) is 15.2. The molecule has 0 aliphatic carbocycles. The number of carbonyl (C=O) groups is 1. The van der Waals surface area contributed by atoms with Crippen LogP contribution in [-0.4, -0.2) is 28.6 Å². The molecule has 134 valence electrons. The van der Waals surface area contributed by atoms with Crippen LogP contribution in [0.2, 0.25) is 0 Å². The predicted octanol–water partition coefficient (Wildman–Crippen LogP) is 3.64. The Balaban J connectivity index is 2.07. The Bertz CT molecular complexity index is 907. The maximum Gasteiger partial charge on any atom is 0.224 e. The number of nitrogens with one attached hydrogen (secondary N) is 1. The monoisotopic (exact) mass is 348 g/mol. The Hall–Kier alpha value is -2.72. The van der Waals surface area contributed by atoms with Crippen LogP contribution in [0.3, 0.4) is 0 Å². The molecule has 0 radical (unpaired) electrons. The molecule has 2 aromatic carbocycles. The van der Waals surface area contributed by atoms with Crippen LogP contribution in [0.15, 0.2) is 54.6 Å². The van der Waals surface area contributed by atoms with E-state index in [1.807, 2.05) is 50.2 Å². The lowest BCUT2D eigenvalue weighted by atomic mass is 9.92. The summed E-state index contributed by atoms with van der Waals surface area (Å²) in [6, 6.07) is 18.1. The number of pyridine rings is 1. The van der Waals surface area contributed by atoms with E-state index >= 15 is 0 Å². The summed E-state index contributed by atoms with van der Waals surface area (Å²) in [6.07, 6.45) is 0.815. The third-order valence-electron chi connectivity index (χ3n) is 4.57. The fraction of sp³-hybridized carbons (Fsp3) is 0.273. The van der Waals surface area contributed by atoms with Gasteiger partial charge in [-0.15, -0.1) is 0 Å². The first-order chi connectivity index (χ1) is 12.6. The predicted molar refractivity (Wildman–Crippen MR) is 105 cm³/mol. The number of para-hydroxylation sites is 1. The lowest BCUT2D eigenvalue weighted by Gasteiger charge is -2.17. The minimum atomic E-state index is -0.0543. The Kier molecular flexibility index (Phi) is 5.64. The van der Waals surface area contributed by atoms with Gasteiger partial charge in [0.2, 0.25) is 5.91 Å². The minimum Gasteiger partial charge on any atom is -0.396 e. The number of nitrogens with zero attached hydrogens (tertiary/aromatic N) is 1. The second-order valence-corrected chi connectivity index (χ2v) is 6.59. The van der Waals surface area contributed by atoms with Crippen molar-refractivity contribution in [3.8, 4) is 11.1 Å². The fourth-order valence-corrected chi connectivity index (χ4v) is 3.28. The number of rotatable bonds is 6. The van der Waals surface area contributed by atoms with Gasteiger partial charge >= 0.3 is 0 Å². The van der Waals surface area contributed by atoms with E-state index in [4.69, 9.17) is 10.1 Å². The highest BCUT2D eigenvalue weighted by atomic mass is 16.3. The molecule has 0 aliphatic heterocycles. The summed E-state index contributed by atoms with van der Waals surface area (Å²) in [5.41, 5.74) is 4.90. The summed E-state index contributed by atoms with van der Waals surface area (Å²) < 4.78 is 0. The van der Waals surface area contributed by atoms with Crippen LogP contribution in [0.1, 0.15) is 24.6 Å². The van der Waals surface area contributed by atoms with Gasteiger partial charge in [-0.2, -0.15) is 0 Å². The van der Waals surface area contributed by atoms with Gasteiger partial charge in [0.05, 0.1) is 11.9 Å². The Morgan fingerprint density at radius 3 is 2.54 bits per heavy atom. The Labute approximate surface area is 153 Å². The largest absolute Gasteiger partial charge is 0.396 e. The van der Waals surface area contributed by atoms with E-state index in [0.717, 1.165) is 33.3 Å². The molecule has 1 heterocycles. The van der Waals surface area contributed by atoms with Gasteiger partial charge in [0.15, 0.2) is 0 Å². The maximum atomic E-state index is 12.5. The van der Waals surface area contributed by atoms with E-state index in [1.165, 1.54) is 0 Å². The quantitative estimate of drug-likeness (QED) is 0.715. The molecule has 4 heteroatoms. The van der Waals surface area contributed by atoms with E-state index in [0.29, 0.717) is 6.42 Å². The number of hydrogen-bond donors (Lipinski definition) is 2. The molecular weight excluding hydrogens is 324 g/mol. The van der Waals surface area contributed by atoms with Crippen molar-refractivity contribution < 1.29 is 9.90 Å². The first-order valence-electron chi connectivity index (χ1n) is 8.94. The van der Waals surface area contributed by atoms with Gasteiger partial charge in [0.25, 0.3) is 0 Å².